The summed E-state index contributed by atoms with van der Waals surface area (Å²) in [4.78, 5) is 18.2. The van der Waals surface area contributed by atoms with Gasteiger partial charge >= 0.3 is 0 Å². The van der Waals surface area contributed by atoms with Crippen LogP contribution in [-0.2, 0) is 4.79 Å². The van der Waals surface area contributed by atoms with Crippen molar-refractivity contribution in [3.63, 3.8) is 0 Å². The Morgan fingerprint density at radius 2 is 2.32 bits per heavy atom. The van der Waals surface area contributed by atoms with Gasteiger partial charge in [-0.05, 0) is 18.9 Å². The fraction of sp³-hybridized carbons (Fsp3) is 0.467. The first kappa shape index (κ1) is 13.8. The lowest BCUT2D eigenvalue weighted by atomic mass is 9.94. The summed E-state index contributed by atoms with van der Waals surface area (Å²) in [6, 6.07) is 0.304. The van der Waals surface area contributed by atoms with Crippen LogP contribution in [-0.4, -0.2) is 28.4 Å². The van der Waals surface area contributed by atoms with E-state index in [2.05, 4.69) is 10.9 Å². The second-order valence-corrected chi connectivity index (χ2v) is 5.59. The summed E-state index contributed by atoms with van der Waals surface area (Å²) in [5.41, 5.74) is 0. The van der Waals surface area contributed by atoms with Gasteiger partial charge in [0.15, 0.2) is 0 Å². The van der Waals surface area contributed by atoms with Gasteiger partial charge < -0.3 is 4.90 Å². The minimum atomic E-state index is 0.0000463. The molecule has 2 rings (SSSR count). The molecule has 0 atom stereocenters. The smallest absolute Gasteiger partial charge is 0.247 e. The Kier molecular flexibility index (Phi) is 5.17. The molecule has 1 aliphatic rings. The normalized spacial score (nSPS) is 16.4. The van der Waals surface area contributed by atoms with E-state index < -0.39 is 0 Å². The summed E-state index contributed by atoms with van der Waals surface area (Å²) >= 11 is 1.52. The summed E-state index contributed by atoms with van der Waals surface area (Å²) in [6.07, 6.45) is 16.3. The number of hydrogen-bond acceptors (Lipinski definition) is 3. The van der Waals surface area contributed by atoms with Crippen LogP contribution in [0.3, 0.4) is 0 Å². The third kappa shape index (κ3) is 3.93. The molecule has 1 fully saturated rings. The van der Waals surface area contributed by atoms with Gasteiger partial charge in [0.1, 0.15) is 5.01 Å². The van der Waals surface area contributed by atoms with E-state index in [1.165, 1.54) is 30.6 Å². The Morgan fingerprint density at radius 3 is 2.95 bits per heavy atom. The number of hydrogen-bond donors (Lipinski definition) is 0. The predicted molar refractivity (Wildman–Crippen MR) is 78.6 cm³/mol. The van der Waals surface area contributed by atoms with E-state index in [9.17, 15) is 4.79 Å². The van der Waals surface area contributed by atoms with Gasteiger partial charge in [0, 0.05) is 23.7 Å². The second-order valence-electron chi connectivity index (χ2n) is 4.67. The Morgan fingerprint density at radius 1 is 1.53 bits per heavy atom. The van der Waals surface area contributed by atoms with Crippen LogP contribution in [0, 0.1) is 12.3 Å². The number of carbonyl (C=O) groups is 1. The molecule has 1 aliphatic carbocycles. The van der Waals surface area contributed by atoms with Crippen molar-refractivity contribution in [2.24, 2.45) is 0 Å². The quantitative estimate of drug-likeness (QED) is 0.625. The van der Waals surface area contributed by atoms with Crippen molar-refractivity contribution in [2.75, 3.05) is 6.54 Å². The first-order valence-electron chi connectivity index (χ1n) is 6.63. The molecule has 0 N–H and O–H groups in total. The SMILES string of the molecule is C#CCN(C(=O)C=Cc1nccs1)C1CCCCC1. The van der Waals surface area contributed by atoms with Gasteiger partial charge in [0.25, 0.3) is 0 Å². The molecule has 1 saturated carbocycles. The van der Waals surface area contributed by atoms with E-state index >= 15 is 0 Å². The third-order valence-electron chi connectivity index (χ3n) is 3.38. The number of amides is 1. The van der Waals surface area contributed by atoms with Crippen LogP contribution in [0.25, 0.3) is 6.08 Å². The van der Waals surface area contributed by atoms with Crippen molar-refractivity contribution >= 4 is 23.3 Å². The zero-order valence-electron chi connectivity index (χ0n) is 10.9. The van der Waals surface area contributed by atoms with Gasteiger partial charge in [-0.15, -0.1) is 17.8 Å². The zero-order valence-corrected chi connectivity index (χ0v) is 11.7. The summed E-state index contributed by atoms with van der Waals surface area (Å²) < 4.78 is 0. The summed E-state index contributed by atoms with van der Waals surface area (Å²) in [7, 11) is 0. The minimum Gasteiger partial charge on any atom is -0.325 e. The van der Waals surface area contributed by atoms with Crippen LogP contribution in [0.1, 0.15) is 37.1 Å². The van der Waals surface area contributed by atoms with Crippen LogP contribution >= 0.6 is 11.3 Å². The summed E-state index contributed by atoms with van der Waals surface area (Å²) in [6.45, 7) is 0.395. The average Bonchev–Trinajstić information content (AvgIpc) is 2.96. The minimum absolute atomic E-state index is 0.0000463. The van der Waals surface area contributed by atoms with Gasteiger partial charge in [0.05, 0.1) is 6.54 Å². The van der Waals surface area contributed by atoms with Crippen molar-refractivity contribution in [3.8, 4) is 12.3 Å². The van der Waals surface area contributed by atoms with Crippen molar-refractivity contribution in [1.82, 2.24) is 9.88 Å². The molecule has 100 valence electrons. The molecule has 4 heteroatoms. The predicted octanol–water partition coefficient (Wildman–Crippen LogP) is 2.95. The van der Waals surface area contributed by atoms with E-state index in [-0.39, 0.29) is 5.91 Å². The third-order valence-corrected chi connectivity index (χ3v) is 4.12. The van der Waals surface area contributed by atoms with Crippen molar-refractivity contribution in [1.29, 1.82) is 0 Å². The summed E-state index contributed by atoms with van der Waals surface area (Å²) in [5, 5.41) is 2.74. The first-order chi connectivity index (χ1) is 9.31. The highest BCUT2D eigenvalue weighted by Crippen LogP contribution is 2.22. The molecule has 0 aromatic carbocycles. The number of nitrogens with zero attached hydrogens (tertiary/aromatic N) is 2. The van der Waals surface area contributed by atoms with Crippen LogP contribution in [0.2, 0.25) is 0 Å². The molecule has 1 heterocycles. The molecule has 0 unspecified atom stereocenters. The molecule has 3 nitrogen and oxygen atoms in total. The number of aromatic nitrogens is 1. The maximum atomic E-state index is 12.2. The Labute approximate surface area is 118 Å². The molecule has 0 radical (unpaired) electrons. The molecule has 0 bridgehead atoms. The maximum absolute atomic E-state index is 12.2. The van der Waals surface area contributed by atoms with Gasteiger partial charge in [-0.2, -0.15) is 0 Å². The fourth-order valence-electron chi connectivity index (χ4n) is 2.43. The number of thiazole rings is 1. The van der Waals surface area contributed by atoms with Crippen LogP contribution in [0.15, 0.2) is 17.7 Å². The number of carbonyl (C=O) groups excluding carboxylic acids is 1. The molecule has 1 aromatic rings. The van der Waals surface area contributed by atoms with Crippen LogP contribution in [0.5, 0.6) is 0 Å². The van der Waals surface area contributed by atoms with Gasteiger partial charge in [-0.1, -0.05) is 25.2 Å². The Hall–Kier alpha value is -1.60. The zero-order chi connectivity index (χ0) is 13.5. The molecule has 0 spiro atoms. The lowest BCUT2D eigenvalue weighted by Gasteiger charge is -2.32. The van der Waals surface area contributed by atoms with Gasteiger partial charge in [0.2, 0.25) is 5.91 Å². The number of rotatable bonds is 4. The van der Waals surface area contributed by atoms with E-state index in [0.29, 0.717) is 12.6 Å². The average molecular weight is 274 g/mol. The molecular formula is C15H18N2OS. The topological polar surface area (TPSA) is 33.2 Å². The van der Waals surface area contributed by atoms with Gasteiger partial charge in [-0.3, -0.25) is 4.79 Å². The molecule has 0 aliphatic heterocycles. The standard InChI is InChI=1S/C15H18N2OS/c1-2-11-17(13-6-4-3-5-7-13)15(18)9-8-14-16-10-12-19-14/h1,8-10,12-13H,3-7,11H2. The van der Waals surface area contributed by atoms with Crippen LogP contribution < -0.4 is 0 Å². The monoisotopic (exact) mass is 274 g/mol. The highest BCUT2D eigenvalue weighted by molar-refractivity contribution is 7.10. The largest absolute Gasteiger partial charge is 0.325 e. The van der Waals surface area contributed by atoms with E-state index in [4.69, 9.17) is 6.42 Å². The summed E-state index contributed by atoms with van der Waals surface area (Å²) in [5.74, 6) is 2.60. The lowest BCUT2D eigenvalue weighted by Crippen LogP contribution is -2.40. The van der Waals surface area contributed by atoms with Crippen molar-refractivity contribution in [3.05, 3.63) is 22.7 Å². The van der Waals surface area contributed by atoms with E-state index in [1.807, 2.05) is 10.3 Å². The Balaban J connectivity index is 2.01. The molecule has 1 aromatic heterocycles. The highest BCUT2D eigenvalue weighted by atomic mass is 32.1. The van der Waals surface area contributed by atoms with Crippen LogP contribution in [0.4, 0.5) is 0 Å². The molecule has 1 amide bonds. The maximum Gasteiger partial charge on any atom is 0.247 e. The fourth-order valence-corrected chi connectivity index (χ4v) is 2.96. The lowest BCUT2D eigenvalue weighted by molar-refractivity contribution is -0.128. The second kappa shape index (κ2) is 7.10. The van der Waals surface area contributed by atoms with Crippen molar-refractivity contribution in [2.45, 2.75) is 38.1 Å². The van der Waals surface area contributed by atoms with Gasteiger partial charge in [-0.25, -0.2) is 4.98 Å². The molecular weight excluding hydrogens is 256 g/mol. The van der Waals surface area contributed by atoms with E-state index in [0.717, 1.165) is 17.8 Å². The number of terminal acetylenes is 1. The van der Waals surface area contributed by atoms with E-state index in [1.54, 1.807) is 18.3 Å². The van der Waals surface area contributed by atoms with Crippen molar-refractivity contribution < 1.29 is 4.79 Å². The molecule has 0 saturated heterocycles. The Bertz CT molecular complexity index is 467. The first-order valence-corrected chi connectivity index (χ1v) is 7.51. The highest BCUT2D eigenvalue weighted by Gasteiger charge is 2.23. The molecule has 19 heavy (non-hydrogen) atoms.